The highest BCUT2D eigenvalue weighted by Gasteiger charge is 2.40. The third kappa shape index (κ3) is 1.68. The van der Waals surface area contributed by atoms with Crippen LogP contribution in [-0.2, 0) is 23.9 Å². The van der Waals surface area contributed by atoms with E-state index in [0.29, 0.717) is 17.3 Å². The van der Waals surface area contributed by atoms with E-state index in [1.165, 1.54) is 10.6 Å². The third-order valence-electron chi connectivity index (χ3n) is 3.39. The molecule has 2 aromatic rings. The zero-order valence-corrected chi connectivity index (χ0v) is 9.79. The summed E-state index contributed by atoms with van der Waals surface area (Å²) in [5.41, 5.74) is 0.232. The number of isocyanates is 1. The average Bonchev–Trinajstić information content (AvgIpc) is 2.67. The predicted octanol–water partition coefficient (Wildman–Crippen LogP) is 3.57. The Morgan fingerprint density at radius 3 is 2.79 bits per heavy atom. The van der Waals surface area contributed by atoms with Gasteiger partial charge in [-0.15, -0.1) is 0 Å². The van der Waals surface area contributed by atoms with E-state index in [0.717, 1.165) is 12.0 Å². The normalized spacial score (nSPS) is 14.5. The zero-order valence-electron chi connectivity index (χ0n) is 9.79. The Morgan fingerprint density at radius 1 is 1.32 bits per heavy atom. The Hall–Kier alpha value is -2.07. The maximum Gasteiger partial charge on any atom is 0.433 e. The van der Waals surface area contributed by atoms with E-state index in [9.17, 15) is 18.0 Å². The summed E-state index contributed by atoms with van der Waals surface area (Å²) in [5.74, 6) is 0. The Labute approximate surface area is 106 Å². The van der Waals surface area contributed by atoms with Gasteiger partial charge in [-0.05, 0) is 18.4 Å². The maximum atomic E-state index is 13.2. The lowest BCUT2D eigenvalue weighted by molar-refractivity contribution is -0.142. The first-order valence-corrected chi connectivity index (χ1v) is 5.83. The molecule has 0 N–H and O–H groups in total. The predicted molar refractivity (Wildman–Crippen MR) is 63.0 cm³/mol. The standard InChI is InChI=1S/C13H9F3N2O/c14-13(15,16)12-10(17-7-19)9-5-1-3-8-4-2-6-18(12)11(8)9/h1,3,5H,2,4,6H2. The molecule has 6 heteroatoms. The molecule has 0 amide bonds. The highest BCUT2D eigenvalue weighted by molar-refractivity contribution is 5.96. The van der Waals surface area contributed by atoms with Crippen molar-refractivity contribution in [3.63, 3.8) is 0 Å². The van der Waals surface area contributed by atoms with Crippen LogP contribution in [-0.4, -0.2) is 10.6 Å². The van der Waals surface area contributed by atoms with Gasteiger partial charge in [0, 0.05) is 11.9 Å². The van der Waals surface area contributed by atoms with Crippen LogP contribution in [0, 0.1) is 0 Å². The van der Waals surface area contributed by atoms with Crippen molar-refractivity contribution in [1.29, 1.82) is 0 Å². The highest BCUT2D eigenvalue weighted by Crippen LogP contribution is 2.45. The second-order valence-corrected chi connectivity index (χ2v) is 4.47. The number of aryl methyl sites for hydroxylation is 2. The summed E-state index contributed by atoms with van der Waals surface area (Å²) in [4.78, 5) is 13.7. The number of hydrogen-bond acceptors (Lipinski definition) is 2. The van der Waals surface area contributed by atoms with Crippen LogP contribution in [0.1, 0.15) is 17.7 Å². The smallest absolute Gasteiger partial charge is 0.335 e. The molecule has 19 heavy (non-hydrogen) atoms. The van der Waals surface area contributed by atoms with Crippen molar-refractivity contribution in [3.8, 4) is 0 Å². The summed E-state index contributed by atoms with van der Waals surface area (Å²) >= 11 is 0. The number of alkyl halides is 3. The largest absolute Gasteiger partial charge is 0.433 e. The van der Waals surface area contributed by atoms with Crippen molar-refractivity contribution >= 4 is 22.7 Å². The van der Waals surface area contributed by atoms with Crippen molar-refractivity contribution in [1.82, 2.24) is 4.57 Å². The van der Waals surface area contributed by atoms with Crippen molar-refractivity contribution in [2.45, 2.75) is 25.6 Å². The van der Waals surface area contributed by atoms with Gasteiger partial charge in [-0.2, -0.15) is 18.2 Å². The number of aromatic nitrogens is 1. The number of nitrogens with zero attached hydrogens (tertiary/aromatic N) is 2. The quantitative estimate of drug-likeness (QED) is 0.574. The molecule has 0 radical (unpaired) electrons. The Balaban J connectivity index is 2.50. The number of benzene rings is 1. The molecule has 0 aliphatic carbocycles. The lowest BCUT2D eigenvalue weighted by Crippen LogP contribution is -2.17. The second kappa shape index (κ2) is 3.96. The molecule has 3 rings (SSSR count). The number of carbonyl (C=O) groups excluding carboxylic acids is 1. The van der Waals surface area contributed by atoms with Gasteiger partial charge in [0.15, 0.2) is 5.69 Å². The molecule has 3 nitrogen and oxygen atoms in total. The summed E-state index contributed by atoms with van der Waals surface area (Å²) in [7, 11) is 0. The monoisotopic (exact) mass is 266 g/mol. The van der Waals surface area contributed by atoms with Gasteiger partial charge in [0.25, 0.3) is 0 Å². The van der Waals surface area contributed by atoms with Crippen molar-refractivity contribution < 1.29 is 18.0 Å². The van der Waals surface area contributed by atoms with E-state index in [1.807, 2.05) is 6.07 Å². The minimum Gasteiger partial charge on any atom is -0.335 e. The molecule has 1 aromatic heterocycles. The van der Waals surface area contributed by atoms with Gasteiger partial charge in [0.2, 0.25) is 6.08 Å². The van der Waals surface area contributed by atoms with Crippen molar-refractivity contribution in [3.05, 3.63) is 29.5 Å². The maximum absolute atomic E-state index is 13.2. The van der Waals surface area contributed by atoms with E-state index < -0.39 is 11.9 Å². The summed E-state index contributed by atoms with van der Waals surface area (Å²) in [6, 6.07) is 5.07. The topological polar surface area (TPSA) is 34.4 Å². The zero-order chi connectivity index (χ0) is 13.6. The molecule has 98 valence electrons. The minimum atomic E-state index is -4.54. The summed E-state index contributed by atoms with van der Waals surface area (Å²) in [6.07, 6.45) is -1.92. The third-order valence-corrected chi connectivity index (χ3v) is 3.39. The van der Waals surface area contributed by atoms with Gasteiger partial charge in [0.05, 0.1) is 5.52 Å². The molecule has 0 atom stereocenters. The molecule has 0 unspecified atom stereocenters. The van der Waals surface area contributed by atoms with Crippen molar-refractivity contribution in [2.24, 2.45) is 4.99 Å². The van der Waals surface area contributed by atoms with Gasteiger partial charge in [-0.1, -0.05) is 18.2 Å². The Bertz CT molecular complexity index is 709. The molecule has 1 aliphatic rings. The summed E-state index contributed by atoms with van der Waals surface area (Å²) < 4.78 is 40.8. The van der Waals surface area contributed by atoms with Crippen LogP contribution in [0.3, 0.4) is 0 Å². The van der Waals surface area contributed by atoms with E-state index in [2.05, 4.69) is 4.99 Å². The van der Waals surface area contributed by atoms with Crippen LogP contribution in [0.5, 0.6) is 0 Å². The van der Waals surface area contributed by atoms with Gasteiger partial charge in [0.1, 0.15) is 5.69 Å². The van der Waals surface area contributed by atoms with Crippen LogP contribution in [0.4, 0.5) is 18.9 Å². The first-order chi connectivity index (χ1) is 9.04. The van der Waals surface area contributed by atoms with E-state index in [4.69, 9.17) is 0 Å². The van der Waals surface area contributed by atoms with Gasteiger partial charge >= 0.3 is 6.18 Å². The van der Waals surface area contributed by atoms with E-state index >= 15 is 0 Å². The number of hydrogen-bond donors (Lipinski definition) is 0. The minimum absolute atomic E-state index is 0.288. The fraction of sp³-hybridized carbons (Fsp3) is 0.308. The SMILES string of the molecule is O=C=Nc1c(C(F)(F)F)n2c3c(cccc13)CCC2. The Kier molecular flexibility index (Phi) is 2.50. The van der Waals surface area contributed by atoms with Gasteiger partial charge in [-0.3, -0.25) is 0 Å². The van der Waals surface area contributed by atoms with Gasteiger partial charge in [-0.25, -0.2) is 4.79 Å². The molecule has 0 fully saturated rings. The fourth-order valence-electron chi connectivity index (χ4n) is 2.77. The van der Waals surface area contributed by atoms with Crippen LogP contribution in [0.25, 0.3) is 10.9 Å². The van der Waals surface area contributed by atoms with E-state index in [-0.39, 0.29) is 12.2 Å². The first-order valence-electron chi connectivity index (χ1n) is 5.83. The van der Waals surface area contributed by atoms with Crippen LogP contribution in [0.2, 0.25) is 0 Å². The molecule has 2 heterocycles. The molecular formula is C13H9F3N2O. The number of para-hydroxylation sites is 1. The van der Waals surface area contributed by atoms with Crippen LogP contribution in [0.15, 0.2) is 23.2 Å². The Morgan fingerprint density at radius 2 is 2.11 bits per heavy atom. The van der Waals surface area contributed by atoms with E-state index in [1.54, 1.807) is 12.1 Å². The van der Waals surface area contributed by atoms with Crippen molar-refractivity contribution in [2.75, 3.05) is 0 Å². The van der Waals surface area contributed by atoms with Gasteiger partial charge < -0.3 is 4.57 Å². The fourth-order valence-corrected chi connectivity index (χ4v) is 2.77. The average molecular weight is 266 g/mol. The summed E-state index contributed by atoms with van der Waals surface area (Å²) in [6.45, 7) is 0.288. The summed E-state index contributed by atoms with van der Waals surface area (Å²) in [5, 5.41) is 0.368. The van der Waals surface area contributed by atoms with Crippen LogP contribution >= 0.6 is 0 Å². The molecule has 0 bridgehead atoms. The number of halogens is 3. The molecule has 0 saturated heterocycles. The second-order valence-electron chi connectivity index (χ2n) is 4.47. The molecule has 1 aromatic carbocycles. The molecule has 0 saturated carbocycles. The highest BCUT2D eigenvalue weighted by atomic mass is 19.4. The number of rotatable bonds is 1. The lowest BCUT2D eigenvalue weighted by atomic mass is 10.0. The lowest BCUT2D eigenvalue weighted by Gasteiger charge is -2.18. The molecular weight excluding hydrogens is 257 g/mol. The molecule has 0 spiro atoms. The number of aliphatic imine (C=N–C) groups is 1. The first kappa shape index (κ1) is 12.0. The van der Waals surface area contributed by atoms with Crippen LogP contribution < -0.4 is 0 Å². The molecule has 1 aliphatic heterocycles.